The van der Waals surface area contributed by atoms with Crippen molar-refractivity contribution in [3.05, 3.63) is 112 Å². The second-order valence-electron chi connectivity index (χ2n) is 7.30. The predicted octanol–water partition coefficient (Wildman–Crippen LogP) is 5.25. The molecular weight excluding hydrogens is 414 g/mol. The fourth-order valence-electron chi connectivity index (χ4n) is 3.38. The highest BCUT2D eigenvalue weighted by molar-refractivity contribution is 6.80. The van der Waals surface area contributed by atoms with Gasteiger partial charge in [-0.2, -0.15) is 0 Å². The van der Waals surface area contributed by atoms with E-state index in [0.717, 1.165) is 33.4 Å². The van der Waals surface area contributed by atoms with Crippen LogP contribution in [0.15, 0.2) is 79.1 Å². The van der Waals surface area contributed by atoms with E-state index in [1.165, 1.54) is 0 Å². The molecule has 4 rings (SSSR count). The molecule has 0 aliphatic heterocycles. The van der Waals surface area contributed by atoms with E-state index in [1.54, 1.807) is 12.4 Å². The largest absolute Gasteiger partial charge is 0.413 e. The van der Waals surface area contributed by atoms with Gasteiger partial charge in [-0.1, -0.05) is 77.8 Å². The summed E-state index contributed by atoms with van der Waals surface area (Å²) in [5.74, 6) is 0.739. The summed E-state index contributed by atoms with van der Waals surface area (Å²) in [4.78, 5) is 7.66. The van der Waals surface area contributed by atoms with Crippen LogP contribution in [0.2, 0.25) is 10.0 Å². The molecule has 1 N–H and O–H groups in total. The van der Waals surface area contributed by atoms with Gasteiger partial charge in [0.15, 0.2) is 0 Å². The van der Waals surface area contributed by atoms with E-state index in [-0.39, 0.29) is 13.0 Å². The van der Waals surface area contributed by atoms with Crippen LogP contribution in [0.4, 0.5) is 0 Å². The summed E-state index contributed by atoms with van der Waals surface area (Å²) >= 11 is 12.9. The van der Waals surface area contributed by atoms with Crippen molar-refractivity contribution >= 4 is 41.0 Å². The Bertz CT molecular complexity index is 1080. The lowest BCUT2D eigenvalue weighted by molar-refractivity contribution is 0.248. The van der Waals surface area contributed by atoms with Crippen LogP contribution in [-0.4, -0.2) is 16.9 Å². The number of hydrogen-bond donors (Lipinski definition) is 1. The quantitative estimate of drug-likeness (QED) is 0.421. The minimum absolute atomic E-state index is 0.378. The molecule has 0 saturated carbocycles. The van der Waals surface area contributed by atoms with Crippen molar-refractivity contribution in [1.29, 1.82) is 0 Å². The van der Waals surface area contributed by atoms with Gasteiger partial charge in [-0.25, -0.2) is 4.98 Å². The second-order valence-corrected chi connectivity index (χ2v) is 8.11. The molecule has 1 heterocycles. The molecule has 0 amide bonds. The van der Waals surface area contributed by atoms with Gasteiger partial charge < -0.3 is 9.64 Å². The average Bonchev–Trinajstić information content (AvgIpc) is 3.28. The van der Waals surface area contributed by atoms with Gasteiger partial charge in [-0.3, -0.25) is 0 Å². The van der Waals surface area contributed by atoms with Crippen LogP contribution in [0.1, 0.15) is 28.6 Å². The van der Waals surface area contributed by atoms with Crippen molar-refractivity contribution in [1.82, 2.24) is 9.97 Å². The third-order valence-corrected chi connectivity index (χ3v) is 5.95. The molecule has 0 fully saturated rings. The summed E-state index contributed by atoms with van der Waals surface area (Å²) in [7, 11) is 0. The first kappa shape index (κ1) is 20.7. The Morgan fingerprint density at radius 3 is 1.97 bits per heavy atom. The van der Waals surface area contributed by atoms with E-state index < -0.39 is 0 Å². The first-order chi connectivity index (χ1) is 14.5. The lowest BCUT2D eigenvalue weighted by Gasteiger charge is -2.23. The first-order valence-electron chi connectivity index (χ1n) is 9.74. The van der Waals surface area contributed by atoms with Crippen molar-refractivity contribution in [3.63, 3.8) is 0 Å². The summed E-state index contributed by atoms with van der Waals surface area (Å²) in [5.41, 5.74) is 4.96. The number of nitrogens with one attached hydrogen (secondary N) is 1. The van der Waals surface area contributed by atoms with Crippen LogP contribution < -0.4 is 10.9 Å². The van der Waals surface area contributed by atoms with E-state index >= 15 is 0 Å². The third-order valence-electron chi connectivity index (χ3n) is 5.14. The summed E-state index contributed by atoms with van der Waals surface area (Å²) in [6, 6.07) is 22.1. The zero-order chi connectivity index (χ0) is 21.1. The van der Waals surface area contributed by atoms with Gasteiger partial charge in [0.1, 0.15) is 11.9 Å². The molecule has 0 aliphatic rings. The van der Waals surface area contributed by atoms with E-state index in [0.29, 0.717) is 10.0 Å². The van der Waals surface area contributed by atoms with Crippen molar-refractivity contribution in [3.8, 4) is 0 Å². The SMILES string of the molecule is Cc1ccc(B(OC(c2ccccc2)c2ncc[nH]2)c2ccc(C)c(Cl)c2)cc1Cl. The molecule has 30 heavy (non-hydrogen) atoms. The molecular formula is C24H21BCl2N2O. The summed E-state index contributed by atoms with van der Waals surface area (Å²) < 4.78 is 6.73. The Kier molecular flexibility index (Phi) is 6.28. The number of aromatic amines is 1. The van der Waals surface area contributed by atoms with Crippen molar-refractivity contribution < 1.29 is 4.65 Å². The Balaban J connectivity index is 1.81. The van der Waals surface area contributed by atoms with Gasteiger partial charge in [0, 0.05) is 22.4 Å². The zero-order valence-corrected chi connectivity index (χ0v) is 18.3. The maximum atomic E-state index is 6.73. The molecule has 3 nitrogen and oxygen atoms in total. The predicted molar refractivity (Wildman–Crippen MR) is 125 cm³/mol. The molecule has 1 atom stereocenters. The van der Waals surface area contributed by atoms with Crippen LogP contribution in [0.5, 0.6) is 0 Å². The van der Waals surface area contributed by atoms with Crippen LogP contribution in [0, 0.1) is 13.8 Å². The van der Waals surface area contributed by atoms with Crippen LogP contribution in [-0.2, 0) is 4.65 Å². The van der Waals surface area contributed by atoms with Gasteiger partial charge >= 0.3 is 6.92 Å². The van der Waals surface area contributed by atoms with E-state index in [2.05, 4.69) is 9.97 Å². The third kappa shape index (κ3) is 4.46. The lowest BCUT2D eigenvalue weighted by Crippen LogP contribution is -2.46. The molecule has 0 aliphatic carbocycles. The van der Waals surface area contributed by atoms with Gasteiger partial charge in [0.25, 0.3) is 0 Å². The number of imidazole rings is 1. The Morgan fingerprint density at radius 1 is 0.867 bits per heavy atom. The monoisotopic (exact) mass is 434 g/mol. The van der Waals surface area contributed by atoms with Gasteiger partial charge in [0.2, 0.25) is 0 Å². The summed E-state index contributed by atoms with van der Waals surface area (Å²) in [5, 5.41) is 1.40. The van der Waals surface area contributed by atoms with E-state index in [9.17, 15) is 0 Å². The number of hydrogen-bond acceptors (Lipinski definition) is 2. The molecule has 0 bridgehead atoms. The molecule has 0 saturated heterocycles. The number of H-pyrrole nitrogens is 1. The minimum Gasteiger partial charge on any atom is -0.413 e. The second kappa shape index (κ2) is 9.09. The van der Waals surface area contributed by atoms with Crippen molar-refractivity contribution in [2.75, 3.05) is 0 Å². The van der Waals surface area contributed by atoms with Crippen molar-refractivity contribution in [2.45, 2.75) is 20.0 Å². The maximum Gasteiger partial charge on any atom is 0.362 e. The molecule has 4 aromatic rings. The van der Waals surface area contributed by atoms with E-state index in [4.69, 9.17) is 27.9 Å². The Hall–Kier alpha value is -2.53. The number of nitrogens with zero attached hydrogens (tertiary/aromatic N) is 1. The van der Waals surface area contributed by atoms with Gasteiger partial charge in [0.05, 0.1) is 0 Å². The molecule has 3 aromatic carbocycles. The molecule has 1 unspecified atom stereocenters. The molecule has 0 spiro atoms. The highest BCUT2D eigenvalue weighted by atomic mass is 35.5. The normalized spacial score (nSPS) is 12.0. The van der Waals surface area contributed by atoms with Crippen LogP contribution in [0.25, 0.3) is 0 Å². The molecule has 1 aromatic heterocycles. The fourth-order valence-corrected chi connectivity index (χ4v) is 3.76. The van der Waals surface area contributed by atoms with Crippen LogP contribution >= 0.6 is 23.2 Å². The van der Waals surface area contributed by atoms with E-state index in [1.807, 2.05) is 80.6 Å². The zero-order valence-electron chi connectivity index (χ0n) is 16.8. The topological polar surface area (TPSA) is 37.9 Å². The Morgan fingerprint density at radius 2 is 1.47 bits per heavy atom. The van der Waals surface area contributed by atoms with Crippen LogP contribution in [0.3, 0.4) is 0 Å². The highest BCUT2D eigenvalue weighted by Crippen LogP contribution is 2.25. The highest BCUT2D eigenvalue weighted by Gasteiger charge is 2.29. The molecule has 0 radical (unpaired) electrons. The smallest absolute Gasteiger partial charge is 0.362 e. The number of aryl methyl sites for hydroxylation is 2. The van der Waals surface area contributed by atoms with Gasteiger partial charge in [-0.05, 0) is 53.6 Å². The Labute approximate surface area is 187 Å². The molecule has 150 valence electrons. The average molecular weight is 435 g/mol. The van der Waals surface area contributed by atoms with Gasteiger partial charge in [-0.15, -0.1) is 0 Å². The van der Waals surface area contributed by atoms with Crippen molar-refractivity contribution in [2.24, 2.45) is 0 Å². The lowest BCUT2D eigenvalue weighted by atomic mass is 9.55. The minimum atomic E-state index is -0.383. The fraction of sp³-hybridized carbons (Fsp3) is 0.125. The standard InChI is InChI=1S/C24H21BCl2N2O/c1-16-8-10-19(14-21(16)26)25(20-11-9-17(2)22(27)15-20)30-23(24-28-12-13-29-24)18-6-4-3-5-7-18/h3-15,23H,1-2H3,(H,28,29). The maximum absolute atomic E-state index is 6.73. The summed E-state index contributed by atoms with van der Waals surface area (Å²) in [6.45, 7) is 3.59. The summed E-state index contributed by atoms with van der Waals surface area (Å²) in [6.07, 6.45) is 3.15. The first-order valence-corrected chi connectivity index (χ1v) is 10.5. The number of rotatable bonds is 6. The number of aromatic nitrogens is 2. The number of halogens is 2. The number of benzene rings is 3. The molecule has 6 heteroatoms.